The van der Waals surface area contributed by atoms with E-state index in [1.165, 1.54) is 0 Å². The molecule has 4 aromatic rings. The topological polar surface area (TPSA) is 91.2 Å². The molecule has 30 heavy (non-hydrogen) atoms. The molecule has 1 amide bonds. The number of amides is 1. The van der Waals surface area contributed by atoms with Crippen molar-refractivity contribution in [2.75, 3.05) is 19.0 Å². The van der Waals surface area contributed by atoms with Crippen molar-refractivity contribution in [3.8, 4) is 17.2 Å². The van der Waals surface area contributed by atoms with Crippen molar-refractivity contribution in [2.24, 2.45) is 0 Å². The molecule has 0 atom stereocenters. The van der Waals surface area contributed by atoms with E-state index in [0.29, 0.717) is 28.7 Å². The number of fused-ring (bicyclic) bond motifs is 1. The summed E-state index contributed by atoms with van der Waals surface area (Å²) in [5.41, 5.74) is 1.21. The maximum atomic E-state index is 12.4. The van der Waals surface area contributed by atoms with Crippen LogP contribution in [0.15, 0.2) is 59.1 Å². The number of rotatable bonds is 6. The van der Waals surface area contributed by atoms with Crippen molar-refractivity contribution in [1.82, 2.24) is 20.2 Å². The smallest absolute Gasteiger partial charge is 0.262 e. The van der Waals surface area contributed by atoms with Gasteiger partial charge in [-0.25, -0.2) is 0 Å². The zero-order valence-electron chi connectivity index (χ0n) is 16.3. The van der Waals surface area contributed by atoms with Crippen LogP contribution in [0.3, 0.4) is 0 Å². The molecular formula is C21H18BrN5O3. The third-order valence-electron chi connectivity index (χ3n) is 4.46. The lowest BCUT2D eigenvalue weighted by atomic mass is 10.1. The Balaban J connectivity index is 1.45. The number of carbonyl (C=O) groups excluding carboxylic acids is 1. The molecule has 0 spiro atoms. The largest absolute Gasteiger partial charge is 0.494 e. The van der Waals surface area contributed by atoms with Gasteiger partial charge < -0.3 is 14.8 Å². The van der Waals surface area contributed by atoms with Crippen LogP contribution in [0.5, 0.6) is 11.5 Å². The molecule has 0 aliphatic rings. The highest BCUT2D eigenvalue weighted by molar-refractivity contribution is 9.10. The average Bonchev–Trinajstić information content (AvgIpc) is 3.18. The summed E-state index contributed by atoms with van der Waals surface area (Å²) < 4.78 is 13.6. The number of aromatic nitrogens is 4. The first-order valence-electron chi connectivity index (χ1n) is 9.09. The molecule has 0 saturated heterocycles. The van der Waals surface area contributed by atoms with E-state index in [0.717, 1.165) is 15.2 Å². The monoisotopic (exact) mass is 467 g/mol. The Kier molecular flexibility index (Phi) is 5.62. The number of nitrogens with one attached hydrogen (secondary N) is 1. The van der Waals surface area contributed by atoms with Crippen LogP contribution in [0.1, 0.15) is 5.82 Å². The average molecular weight is 468 g/mol. The summed E-state index contributed by atoms with van der Waals surface area (Å²) in [7, 11) is 1.56. The fourth-order valence-corrected chi connectivity index (χ4v) is 3.40. The fraction of sp³-hybridized carbons (Fsp3) is 0.143. The Bertz CT molecular complexity index is 1220. The molecule has 9 heteroatoms. The van der Waals surface area contributed by atoms with Gasteiger partial charge in [-0.1, -0.05) is 28.1 Å². The van der Waals surface area contributed by atoms with E-state index in [1.807, 2.05) is 36.4 Å². The van der Waals surface area contributed by atoms with E-state index >= 15 is 0 Å². The molecule has 8 nitrogen and oxygen atoms in total. The zero-order chi connectivity index (χ0) is 21.1. The van der Waals surface area contributed by atoms with Gasteiger partial charge >= 0.3 is 0 Å². The van der Waals surface area contributed by atoms with Gasteiger partial charge in [0.1, 0.15) is 17.2 Å². The van der Waals surface area contributed by atoms with Crippen molar-refractivity contribution in [3.05, 3.63) is 64.9 Å². The fourth-order valence-electron chi connectivity index (χ4n) is 3.02. The number of benzene rings is 3. The van der Waals surface area contributed by atoms with Crippen LogP contribution in [0.25, 0.3) is 16.5 Å². The van der Waals surface area contributed by atoms with Gasteiger partial charge in [0.15, 0.2) is 12.4 Å². The Morgan fingerprint density at radius 1 is 1.10 bits per heavy atom. The summed E-state index contributed by atoms with van der Waals surface area (Å²) in [5, 5.41) is 16.4. The molecule has 0 aliphatic heterocycles. The zero-order valence-corrected chi connectivity index (χ0v) is 17.9. The second-order valence-electron chi connectivity index (χ2n) is 6.51. The molecule has 0 bridgehead atoms. The van der Waals surface area contributed by atoms with Crippen LogP contribution < -0.4 is 14.8 Å². The lowest BCUT2D eigenvalue weighted by Gasteiger charge is -2.12. The van der Waals surface area contributed by atoms with Gasteiger partial charge in [0.05, 0.1) is 7.11 Å². The van der Waals surface area contributed by atoms with Crippen LogP contribution in [0, 0.1) is 6.92 Å². The first-order chi connectivity index (χ1) is 14.5. The van der Waals surface area contributed by atoms with Crippen molar-refractivity contribution < 1.29 is 14.3 Å². The molecule has 1 heterocycles. The minimum Gasteiger partial charge on any atom is -0.494 e. The number of methoxy groups -OCH3 is 1. The van der Waals surface area contributed by atoms with Gasteiger partial charge in [0, 0.05) is 10.2 Å². The number of ether oxygens (including phenoxy) is 2. The molecule has 0 fully saturated rings. The van der Waals surface area contributed by atoms with Gasteiger partial charge in [-0.3, -0.25) is 4.79 Å². The summed E-state index contributed by atoms with van der Waals surface area (Å²) in [6, 6.07) is 16.9. The van der Waals surface area contributed by atoms with Crippen molar-refractivity contribution in [3.63, 3.8) is 0 Å². The molecule has 1 aromatic heterocycles. The normalized spacial score (nSPS) is 10.8. The molecular weight excluding hydrogens is 450 g/mol. The Hall–Kier alpha value is -3.46. The molecule has 1 N–H and O–H groups in total. The highest BCUT2D eigenvalue weighted by Crippen LogP contribution is 2.27. The molecule has 3 aromatic carbocycles. The van der Waals surface area contributed by atoms with E-state index in [9.17, 15) is 4.79 Å². The highest BCUT2D eigenvalue weighted by atomic mass is 79.9. The van der Waals surface area contributed by atoms with Crippen LogP contribution in [-0.4, -0.2) is 39.8 Å². The van der Waals surface area contributed by atoms with Crippen LogP contribution >= 0.6 is 15.9 Å². The first-order valence-corrected chi connectivity index (χ1v) is 9.88. The van der Waals surface area contributed by atoms with Crippen LogP contribution in [0.4, 0.5) is 5.69 Å². The predicted molar refractivity (Wildman–Crippen MR) is 116 cm³/mol. The van der Waals surface area contributed by atoms with Gasteiger partial charge in [0.25, 0.3) is 5.91 Å². The predicted octanol–water partition coefficient (Wildman–Crippen LogP) is 3.91. The van der Waals surface area contributed by atoms with E-state index < -0.39 is 0 Å². The number of hydrogen-bond acceptors (Lipinski definition) is 6. The van der Waals surface area contributed by atoms with Crippen molar-refractivity contribution in [1.29, 1.82) is 0 Å². The Morgan fingerprint density at radius 3 is 2.67 bits per heavy atom. The molecule has 0 saturated carbocycles. The lowest BCUT2D eigenvalue weighted by Crippen LogP contribution is -2.20. The minimum atomic E-state index is -0.282. The molecule has 0 radical (unpaired) electrons. The van der Waals surface area contributed by atoms with Crippen molar-refractivity contribution >= 4 is 38.3 Å². The molecule has 152 valence electrons. The summed E-state index contributed by atoms with van der Waals surface area (Å²) in [6.45, 7) is 1.66. The number of halogens is 1. The molecule has 0 unspecified atom stereocenters. The van der Waals surface area contributed by atoms with E-state index in [2.05, 4.69) is 36.8 Å². The van der Waals surface area contributed by atoms with Gasteiger partial charge in [0.2, 0.25) is 0 Å². The third-order valence-corrected chi connectivity index (χ3v) is 4.95. The quantitative estimate of drug-likeness (QED) is 0.462. The van der Waals surface area contributed by atoms with Gasteiger partial charge in [-0.15, -0.1) is 5.10 Å². The first kappa shape index (κ1) is 19.8. The number of nitrogens with zero attached hydrogens (tertiary/aromatic N) is 4. The standard InChI is InChI=1S/C21H18BrN5O3/c1-13-24-25-26-27(13)19-11-17(6-8-20(19)29-2)23-21(28)12-30-18-7-4-14-9-16(22)5-3-15(14)10-18/h3-11H,12H2,1-2H3,(H,23,28). The summed E-state index contributed by atoms with van der Waals surface area (Å²) in [5.74, 6) is 1.53. The summed E-state index contributed by atoms with van der Waals surface area (Å²) >= 11 is 3.46. The number of anilines is 1. The number of carbonyl (C=O) groups is 1. The highest BCUT2D eigenvalue weighted by Gasteiger charge is 2.13. The van der Waals surface area contributed by atoms with E-state index in [4.69, 9.17) is 9.47 Å². The van der Waals surface area contributed by atoms with Crippen molar-refractivity contribution in [2.45, 2.75) is 6.92 Å². The lowest BCUT2D eigenvalue weighted by molar-refractivity contribution is -0.118. The van der Waals surface area contributed by atoms with Gasteiger partial charge in [-0.05, 0) is 70.6 Å². The minimum absolute atomic E-state index is 0.118. The van der Waals surface area contributed by atoms with Crippen LogP contribution in [0.2, 0.25) is 0 Å². The second kappa shape index (κ2) is 8.50. The SMILES string of the molecule is COc1ccc(NC(=O)COc2ccc3cc(Br)ccc3c2)cc1-n1nnnc1C. The maximum absolute atomic E-state index is 12.4. The Morgan fingerprint density at radius 2 is 1.90 bits per heavy atom. The molecule has 4 rings (SSSR count). The van der Waals surface area contributed by atoms with Gasteiger partial charge in [-0.2, -0.15) is 4.68 Å². The van der Waals surface area contributed by atoms with E-state index in [1.54, 1.807) is 36.9 Å². The summed E-state index contributed by atoms with van der Waals surface area (Å²) in [4.78, 5) is 12.4. The maximum Gasteiger partial charge on any atom is 0.262 e. The second-order valence-corrected chi connectivity index (χ2v) is 7.43. The van der Waals surface area contributed by atoms with E-state index in [-0.39, 0.29) is 12.5 Å². The number of hydrogen-bond donors (Lipinski definition) is 1. The number of tetrazole rings is 1. The summed E-state index contributed by atoms with van der Waals surface area (Å²) in [6.07, 6.45) is 0. The Labute approximate surface area is 180 Å². The van der Waals surface area contributed by atoms with Crippen LogP contribution in [-0.2, 0) is 4.79 Å². The third kappa shape index (κ3) is 4.25. The molecule has 0 aliphatic carbocycles. The number of aryl methyl sites for hydroxylation is 1.